The molecule has 0 aliphatic heterocycles. The number of hydrogen-bond acceptors (Lipinski definition) is 2. The fraction of sp³-hybridized carbons (Fsp3) is 0.267. The van der Waals surface area contributed by atoms with E-state index in [4.69, 9.17) is 4.74 Å². The van der Waals surface area contributed by atoms with Gasteiger partial charge in [-0.3, -0.25) is 0 Å². The predicted octanol–water partition coefficient (Wildman–Crippen LogP) is 3.25. The first-order valence-corrected chi connectivity index (χ1v) is 6.09. The summed E-state index contributed by atoms with van der Waals surface area (Å²) >= 11 is 0. The Balaban J connectivity index is 2.13. The molecule has 1 unspecified atom stereocenters. The zero-order valence-electron chi connectivity index (χ0n) is 10.6. The smallest absolute Gasteiger partial charge is 0.123 e. The van der Waals surface area contributed by atoms with E-state index in [0.717, 1.165) is 12.3 Å². The topological polar surface area (TPSA) is 27.1 Å². The van der Waals surface area contributed by atoms with Gasteiger partial charge in [0.05, 0.1) is 6.33 Å². The molecular formula is C15H18N2O. The fourth-order valence-corrected chi connectivity index (χ4v) is 1.98. The van der Waals surface area contributed by atoms with Gasteiger partial charge in [-0.05, 0) is 11.6 Å². The number of hydrogen-bond donors (Lipinski definition) is 0. The second-order valence-corrected chi connectivity index (χ2v) is 4.30. The van der Waals surface area contributed by atoms with Crippen molar-refractivity contribution in [2.24, 2.45) is 0 Å². The molecule has 1 aromatic heterocycles. The summed E-state index contributed by atoms with van der Waals surface area (Å²) in [6.45, 7) is 7.30. The SMILES string of the molecule is C=CCOc1ccccc1C(C)Cn1ccnc1. The van der Waals surface area contributed by atoms with Crippen molar-refractivity contribution >= 4 is 0 Å². The van der Waals surface area contributed by atoms with Crippen LogP contribution in [0.25, 0.3) is 0 Å². The molecule has 0 amide bonds. The summed E-state index contributed by atoms with van der Waals surface area (Å²) in [5.41, 5.74) is 1.22. The third-order valence-corrected chi connectivity index (χ3v) is 2.85. The quantitative estimate of drug-likeness (QED) is 0.727. The van der Waals surface area contributed by atoms with Crippen molar-refractivity contribution in [1.82, 2.24) is 9.55 Å². The Hall–Kier alpha value is -2.03. The highest BCUT2D eigenvalue weighted by atomic mass is 16.5. The number of ether oxygens (including phenoxy) is 1. The molecule has 0 fully saturated rings. The number of aromatic nitrogens is 2. The third kappa shape index (κ3) is 3.00. The lowest BCUT2D eigenvalue weighted by Gasteiger charge is -2.16. The van der Waals surface area contributed by atoms with Gasteiger partial charge in [-0.1, -0.05) is 37.8 Å². The van der Waals surface area contributed by atoms with Crippen LogP contribution < -0.4 is 4.74 Å². The Morgan fingerprint density at radius 3 is 3.00 bits per heavy atom. The van der Waals surface area contributed by atoms with E-state index in [1.54, 1.807) is 12.3 Å². The minimum Gasteiger partial charge on any atom is -0.489 e. The largest absolute Gasteiger partial charge is 0.489 e. The van der Waals surface area contributed by atoms with E-state index in [0.29, 0.717) is 12.5 Å². The van der Waals surface area contributed by atoms with Crippen LogP contribution in [0, 0.1) is 0 Å². The van der Waals surface area contributed by atoms with Gasteiger partial charge in [-0.15, -0.1) is 0 Å². The number of benzene rings is 1. The Morgan fingerprint density at radius 1 is 1.44 bits per heavy atom. The number of nitrogens with zero attached hydrogens (tertiary/aromatic N) is 2. The van der Waals surface area contributed by atoms with E-state index in [1.165, 1.54) is 5.56 Å². The minimum absolute atomic E-state index is 0.375. The predicted molar refractivity (Wildman–Crippen MR) is 72.8 cm³/mol. The summed E-state index contributed by atoms with van der Waals surface area (Å²) in [6, 6.07) is 8.15. The summed E-state index contributed by atoms with van der Waals surface area (Å²) < 4.78 is 7.76. The van der Waals surface area contributed by atoms with Crippen LogP contribution in [0.3, 0.4) is 0 Å². The normalized spacial score (nSPS) is 12.1. The Bertz CT molecular complexity index is 491. The molecule has 0 aliphatic rings. The number of imidazole rings is 1. The highest BCUT2D eigenvalue weighted by Crippen LogP contribution is 2.27. The molecule has 94 valence electrons. The van der Waals surface area contributed by atoms with Crippen LogP contribution in [0.2, 0.25) is 0 Å². The lowest BCUT2D eigenvalue weighted by Crippen LogP contribution is -2.07. The van der Waals surface area contributed by atoms with E-state index in [2.05, 4.69) is 29.1 Å². The van der Waals surface area contributed by atoms with Gasteiger partial charge in [0.25, 0.3) is 0 Å². The molecule has 2 aromatic rings. The van der Waals surface area contributed by atoms with E-state index in [-0.39, 0.29) is 0 Å². The zero-order valence-corrected chi connectivity index (χ0v) is 10.6. The second kappa shape index (κ2) is 6.05. The van der Waals surface area contributed by atoms with Gasteiger partial charge in [-0.25, -0.2) is 4.98 Å². The van der Waals surface area contributed by atoms with E-state index >= 15 is 0 Å². The van der Waals surface area contributed by atoms with Crippen LogP contribution in [0.1, 0.15) is 18.4 Å². The van der Waals surface area contributed by atoms with Crippen LogP contribution in [0.5, 0.6) is 5.75 Å². The minimum atomic E-state index is 0.375. The summed E-state index contributed by atoms with van der Waals surface area (Å²) in [7, 11) is 0. The Labute approximate surface area is 108 Å². The first-order chi connectivity index (χ1) is 8.81. The van der Waals surface area contributed by atoms with E-state index in [9.17, 15) is 0 Å². The van der Waals surface area contributed by atoms with E-state index < -0.39 is 0 Å². The Kier molecular flexibility index (Phi) is 4.18. The maximum absolute atomic E-state index is 5.68. The molecule has 1 heterocycles. The molecular weight excluding hydrogens is 224 g/mol. The molecule has 0 spiro atoms. The van der Waals surface area contributed by atoms with Gasteiger partial charge in [0.15, 0.2) is 0 Å². The fourth-order valence-electron chi connectivity index (χ4n) is 1.98. The highest BCUT2D eigenvalue weighted by molar-refractivity contribution is 5.36. The number of para-hydroxylation sites is 1. The third-order valence-electron chi connectivity index (χ3n) is 2.85. The van der Waals surface area contributed by atoms with Gasteiger partial charge < -0.3 is 9.30 Å². The molecule has 2 rings (SSSR count). The van der Waals surface area contributed by atoms with Crippen LogP contribution in [-0.2, 0) is 6.54 Å². The zero-order chi connectivity index (χ0) is 12.8. The highest BCUT2D eigenvalue weighted by Gasteiger charge is 2.11. The van der Waals surface area contributed by atoms with E-state index in [1.807, 2.05) is 30.7 Å². The molecule has 0 saturated carbocycles. The second-order valence-electron chi connectivity index (χ2n) is 4.30. The molecule has 0 bridgehead atoms. The summed E-state index contributed by atoms with van der Waals surface area (Å²) in [6.07, 6.45) is 7.37. The monoisotopic (exact) mass is 242 g/mol. The summed E-state index contributed by atoms with van der Waals surface area (Å²) in [4.78, 5) is 4.06. The van der Waals surface area contributed by atoms with Crippen molar-refractivity contribution in [2.45, 2.75) is 19.4 Å². The molecule has 3 heteroatoms. The lowest BCUT2D eigenvalue weighted by molar-refractivity contribution is 0.355. The van der Waals surface area contributed by atoms with Crippen LogP contribution in [0.15, 0.2) is 55.6 Å². The van der Waals surface area contributed by atoms with Crippen molar-refractivity contribution < 1.29 is 4.74 Å². The first kappa shape index (κ1) is 12.4. The standard InChI is InChI=1S/C15H18N2O/c1-3-10-18-15-7-5-4-6-14(15)13(2)11-17-9-8-16-12-17/h3-9,12-13H,1,10-11H2,2H3. The molecule has 1 atom stereocenters. The van der Waals surface area contributed by atoms with Crippen LogP contribution >= 0.6 is 0 Å². The molecule has 0 N–H and O–H groups in total. The van der Waals surface area contributed by atoms with Crippen LogP contribution in [0.4, 0.5) is 0 Å². The van der Waals surface area contributed by atoms with Gasteiger partial charge in [0.1, 0.15) is 12.4 Å². The maximum Gasteiger partial charge on any atom is 0.123 e. The van der Waals surface area contributed by atoms with Crippen molar-refractivity contribution in [1.29, 1.82) is 0 Å². The molecule has 0 radical (unpaired) electrons. The van der Waals surface area contributed by atoms with Crippen molar-refractivity contribution in [3.05, 3.63) is 61.2 Å². The molecule has 0 aliphatic carbocycles. The summed E-state index contributed by atoms with van der Waals surface area (Å²) in [5.74, 6) is 1.31. The molecule has 3 nitrogen and oxygen atoms in total. The first-order valence-electron chi connectivity index (χ1n) is 6.09. The lowest BCUT2D eigenvalue weighted by atomic mass is 10.00. The average molecular weight is 242 g/mol. The van der Waals surface area contributed by atoms with Gasteiger partial charge in [0, 0.05) is 24.9 Å². The molecule has 18 heavy (non-hydrogen) atoms. The van der Waals surface area contributed by atoms with Gasteiger partial charge in [-0.2, -0.15) is 0 Å². The van der Waals surface area contributed by atoms with Gasteiger partial charge >= 0.3 is 0 Å². The van der Waals surface area contributed by atoms with Gasteiger partial charge in [0.2, 0.25) is 0 Å². The molecule has 0 saturated heterocycles. The van der Waals surface area contributed by atoms with Crippen molar-refractivity contribution in [2.75, 3.05) is 6.61 Å². The Morgan fingerprint density at radius 2 is 2.28 bits per heavy atom. The van der Waals surface area contributed by atoms with Crippen molar-refractivity contribution in [3.8, 4) is 5.75 Å². The molecule has 1 aromatic carbocycles. The number of rotatable bonds is 6. The average Bonchev–Trinajstić information content (AvgIpc) is 2.89. The van der Waals surface area contributed by atoms with Crippen molar-refractivity contribution in [3.63, 3.8) is 0 Å². The maximum atomic E-state index is 5.68. The van der Waals surface area contributed by atoms with Crippen LogP contribution in [-0.4, -0.2) is 16.2 Å². The summed E-state index contributed by atoms with van der Waals surface area (Å²) in [5, 5.41) is 0.